The predicted octanol–water partition coefficient (Wildman–Crippen LogP) is 2.88. The number of phenolic OH excluding ortho intramolecular Hbond substituents is 2. The average Bonchev–Trinajstić information content (AvgIpc) is 2.30. The van der Waals surface area contributed by atoms with E-state index in [4.69, 9.17) is 0 Å². The fraction of sp³-hybridized carbons (Fsp3) is 0.143. The standard InChI is InChI=1S/C14H14O2/c15-13-7-3-1-5-11(13)9-10-12-6-2-4-8-14(12)16/h1-8,15-16H,9-10H2. The van der Waals surface area contributed by atoms with Gasteiger partial charge < -0.3 is 10.2 Å². The predicted molar refractivity (Wildman–Crippen MR) is 63.6 cm³/mol. The lowest BCUT2D eigenvalue weighted by Gasteiger charge is -2.05. The Morgan fingerprint density at radius 1 is 0.625 bits per heavy atom. The van der Waals surface area contributed by atoms with Gasteiger partial charge in [-0.25, -0.2) is 0 Å². The highest BCUT2D eigenvalue weighted by atomic mass is 16.3. The maximum absolute atomic E-state index is 9.60. The zero-order valence-electron chi connectivity index (χ0n) is 8.93. The number of hydrogen-bond donors (Lipinski definition) is 2. The van der Waals surface area contributed by atoms with Crippen LogP contribution in [0.4, 0.5) is 0 Å². The molecule has 0 radical (unpaired) electrons. The smallest absolute Gasteiger partial charge is 0.118 e. The normalized spacial score (nSPS) is 10.2. The van der Waals surface area contributed by atoms with E-state index in [0.29, 0.717) is 11.5 Å². The van der Waals surface area contributed by atoms with Gasteiger partial charge in [-0.15, -0.1) is 0 Å². The summed E-state index contributed by atoms with van der Waals surface area (Å²) < 4.78 is 0. The highest BCUT2D eigenvalue weighted by Gasteiger charge is 2.03. The zero-order valence-corrected chi connectivity index (χ0v) is 8.93. The van der Waals surface area contributed by atoms with E-state index in [0.717, 1.165) is 24.0 Å². The summed E-state index contributed by atoms with van der Waals surface area (Å²) in [5.41, 5.74) is 1.82. The van der Waals surface area contributed by atoms with Crippen molar-refractivity contribution >= 4 is 0 Å². The van der Waals surface area contributed by atoms with Crippen molar-refractivity contribution < 1.29 is 10.2 Å². The Kier molecular flexibility index (Phi) is 3.10. The van der Waals surface area contributed by atoms with Gasteiger partial charge in [0.15, 0.2) is 0 Å². The third-order valence-electron chi connectivity index (χ3n) is 2.65. The van der Waals surface area contributed by atoms with E-state index in [1.54, 1.807) is 24.3 Å². The highest BCUT2D eigenvalue weighted by Crippen LogP contribution is 2.21. The Morgan fingerprint density at radius 2 is 1.00 bits per heavy atom. The molecule has 0 amide bonds. The SMILES string of the molecule is Oc1ccccc1CCc1ccccc1O. The zero-order chi connectivity index (χ0) is 11.4. The summed E-state index contributed by atoms with van der Waals surface area (Å²) in [7, 11) is 0. The van der Waals surface area contributed by atoms with E-state index in [9.17, 15) is 10.2 Å². The quantitative estimate of drug-likeness (QED) is 0.824. The molecule has 0 saturated heterocycles. The van der Waals surface area contributed by atoms with Crippen LogP contribution in [0.2, 0.25) is 0 Å². The molecule has 0 spiro atoms. The second-order valence-corrected chi connectivity index (χ2v) is 3.76. The van der Waals surface area contributed by atoms with Crippen molar-refractivity contribution in [3.63, 3.8) is 0 Å². The van der Waals surface area contributed by atoms with Crippen molar-refractivity contribution in [2.75, 3.05) is 0 Å². The Bertz CT molecular complexity index is 432. The van der Waals surface area contributed by atoms with Crippen LogP contribution < -0.4 is 0 Å². The van der Waals surface area contributed by atoms with Crippen molar-refractivity contribution in [2.45, 2.75) is 12.8 Å². The third-order valence-corrected chi connectivity index (χ3v) is 2.65. The molecule has 0 aromatic heterocycles. The first kappa shape index (κ1) is 10.6. The second-order valence-electron chi connectivity index (χ2n) is 3.76. The molecule has 2 aromatic carbocycles. The number of benzene rings is 2. The summed E-state index contributed by atoms with van der Waals surface area (Å²) >= 11 is 0. The lowest BCUT2D eigenvalue weighted by Crippen LogP contribution is -1.92. The first-order valence-electron chi connectivity index (χ1n) is 5.31. The van der Waals surface area contributed by atoms with Crippen LogP contribution in [0.25, 0.3) is 0 Å². The van der Waals surface area contributed by atoms with Gasteiger partial charge in [0.2, 0.25) is 0 Å². The Labute approximate surface area is 94.8 Å². The van der Waals surface area contributed by atoms with Crippen LogP contribution in [0, 0.1) is 0 Å². The number of hydrogen-bond acceptors (Lipinski definition) is 2. The largest absolute Gasteiger partial charge is 0.508 e. The van der Waals surface area contributed by atoms with E-state index in [-0.39, 0.29) is 0 Å². The van der Waals surface area contributed by atoms with Crippen LogP contribution in [0.15, 0.2) is 48.5 Å². The van der Waals surface area contributed by atoms with Crippen LogP contribution in [-0.4, -0.2) is 10.2 Å². The molecule has 0 aliphatic rings. The fourth-order valence-corrected chi connectivity index (χ4v) is 1.71. The monoisotopic (exact) mass is 214 g/mol. The second kappa shape index (κ2) is 4.71. The molecular weight excluding hydrogens is 200 g/mol. The first-order valence-corrected chi connectivity index (χ1v) is 5.31. The van der Waals surface area contributed by atoms with Gasteiger partial charge in [-0.05, 0) is 36.1 Å². The van der Waals surface area contributed by atoms with Gasteiger partial charge in [-0.3, -0.25) is 0 Å². The van der Waals surface area contributed by atoms with Crippen molar-refractivity contribution in [2.24, 2.45) is 0 Å². The van der Waals surface area contributed by atoms with Gasteiger partial charge in [0, 0.05) is 0 Å². The van der Waals surface area contributed by atoms with Crippen LogP contribution >= 0.6 is 0 Å². The van der Waals surface area contributed by atoms with Crippen LogP contribution in [-0.2, 0) is 12.8 Å². The van der Waals surface area contributed by atoms with Crippen LogP contribution in [0.3, 0.4) is 0 Å². The Morgan fingerprint density at radius 3 is 1.38 bits per heavy atom. The first-order chi connectivity index (χ1) is 7.77. The Balaban J connectivity index is 2.09. The molecule has 2 aromatic rings. The van der Waals surface area contributed by atoms with Gasteiger partial charge in [0.25, 0.3) is 0 Å². The molecule has 0 unspecified atom stereocenters. The van der Waals surface area contributed by atoms with E-state index in [1.807, 2.05) is 24.3 Å². The van der Waals surface area contributed by atoms with E-state index in [2.05, 4.69) is 0 Å². The molecule has 0 bridgehead atoms. The average molecular weight is 214 g/mol. The summed E-state index contributed by atoms with van der Waals surface area (Å²) in [5, 5.41) is 19.2. The van der Waals surface area contributed by atoms with Crippen molar-refractivity contribution in [1.82, 2.24) is 0 Å². The van der Waals surface area contributed by atoms with Crippen molar-refractivity contribution in [3.8, 4) is 11.5 Å². The van der Waals surface area contributed by atoms with Gasteiger partial charge >= 0.3 is 0 Å². The summed E-state index contributed by atoms with van der Waals surface area (Å²) in [5.74, 6) is 0.635. The molecule has 82 valence electrons. The summed E-state index contributed by atoms with van der Waals surface area (Å²) in [6.45, 7) is 0. The molecule has 2 N–H and O–H groups in total. The molecule has 2 rings (SSSR count). The molecular formula is C14H14O2. The minimum Gasteiger partial charge on any atom is -0.508 e. The van der Waals surface area contributed by atoms with E-state index in [1.165, 1.54) is 0 Å². The molecule has 2 nitrogen and oxygen atoms in total. The highest BCUT2D eigenvalue weighted by molar-refractivity contribution is 5.35. The summed E-state index contributed by atoms with van der Waals surface area (Å²) in [6, 6.07) is 14.6. The summed E-state index contributed by atoms with van der Waals surface area (Å²) in [6.07, 6.45) is 1.45. The Hall–Kier alpha value is -1.96. The number of rotatable bonds is 3. The molecule has 16 heavy (non-hydrogen) atoms. The minimum atomic E-state index is 0.318. The maximum atomic E-state index is 9.60. The van der Waals surface area contributed by atoms with Crippen molar-refractivity contribution in [1.29, 1.82) is 0 Å². The molecule has 0 heterocycles. The fourth-order valence-electron chi connectivity index (χ4n) is 1.71. The molecule has 0 fully saturated rings. The third kappa shape index (κ3) is 2.34. The number of phenols is 2. The topological polar surface area (TPSA) is 40.5 Å². The molecule has 0 aliphatic heterocycles. The van der Waals surface area contributed by atoms with E-state index >= 15 is 0 Å². The van der Waals surface area contributed by atoms with Crippen LogP contribution in [0.1, 0.15) is 11.1 Å². The summed E-state index contributed by atoms with van der Waals surface area (Å²) in [4.78, 5) is 0. The number of para-hydroxylation sites is 2. The lowest BCUT2D eigenvalue weighted by molar-refractivity contribution is 0.462. The van der Waals surface area contributed by atoms with Gasteiger partial charge in [-0.2, -0.15) is 0 Å². The number of aromatic hydroxyl groups is 2. The van der Waals surface area contributed by atoms with Crippen molar-refractivity contribution in [3.05, 3.63) is 59.7 Å². The van der Waals surface area contributed by atoms with E-state index < -0.39 is 0 Å². The minimum absolute atomic E-state index is 0.318. The van der Waals surface area contributed by atoms with Gasteiger partial charge in [0.05, 0.1) is 0 Å². The molecule has 0 aliphatic carbocycles. The van der Waals surface area contributed by atoms with Crippen LogP contribution in [0.5, 0.6) is 11.5 Å². The number of aryl methyl sites for hydroxylation is 2. The lowest BCUT2D eigenvalue weighted by atomic mass is 10.0. The molecule has 0 saturated carbocycles. The maximum Gasteiger partial charge on any atom is 0.118 e. The molecule has 2 heteroatoms. The molecule has 0 atom stereocenters. The van der Waals surface area contributed by atoms with Gasteiger partial charge in [-0.1, -0.05) is 36.4 Å². The van der Waals surface area contributed by atoms with Gasteiger partial charge in [0.1, 0.15) is 11.5 Å².